The third-order valence-electron chi connectivity index (χ3n) is 3.44. The molecular formula is C15H21FN2O3. The highest BCUT2D eigenvalue weighted by Crippen LogP contribution is 2.19. The number of carbonyl (C=O) groups excluding carboxylic acids is 1. The van der Waals surface area contributed by atoms with E-state index in [2.05, 4.69) is 0 Å². The first-order chi connectivity index (χ1) is 9.81. The lowest BCUT2D eigenvalue weighted by Gasteiger charge is -2.27. The van der Waals surface area contributed by atoms with Crippen molar-refractivity contribution in [2.45, 2.75) is 19.4 Å². The molecule has 0 aliphatic heterocycles. The Morgan fingerprint density at radius 3 is 2.33 bits per heavy atom. The average Bonchev–Trinajstić information content (AvgIpc) is 2.44. The maximum Gasteiger partial charge on any atom is 0.304 e. The van der Waals surface area contributed by atoms with E-state index < -0.39 is 5.97 Å². The van der Waals surface area contributed by atoms with Gasteiger partial charge < -0.3 is 10.0 Å². The fraction of sp³-hybridized carbons (Fsp3) is 0.467. The van der Waals surface area contributed by atoms with Gasteiger partial charge in [-0.3, -0.25) is 14.5 Å². The van der Waals surface area contributed by atoms with Crippen LogP contribution in [0.2, 0.25) is 0 Å². The molecule has 0 aliphatic rings. The van der Waals surface area contributed by atoms with Gasteiger partial charge in [0.25, 0.3) is 0 Å². The van der Waals surface area contributed by atoms with Gasteiger partial charge in [-0.05, 0) is 31.7 Å². The number of nitrogens with zero attached hydrogens (tertiary/aromatic N) is 2. The molecule has 0 heterocycles. The third kappa shape index (κ3) is 5.51. The fourth-order valence-corrected chi connectivity index (χ4v) is 1.89. The van der Waals surface area contributed by atoms with Gasteiger partial charge in [0.1, 0.15) is 5.82 Å². The van der Waals surface area contributed by atoms with Crippen LogP contribution in [0, 0.1) is 5.82 Å². The van der Waals surface area contributed by atoms with Crippen molar-refractivity contribution in [1.82, 2.24) is 9.80 Å². The van der Waals surface area contributed by atoms with Crippen LogP contribution in [0.3, 0.4) is 0 Å². The van der Waals surface area contributed by atoms with Crippen LogP contribution in [0.25, 0.3) is 0 Å². The Balaban J connectivity index is 2.56. The van der Waals surface area contributed by atoms with Crippen molar-refractivity contribution in [2.75, 3.05) is 27.2 Å². The smallest absolute Gasteiger partial charge is 0.304 e. The van der Waals surface area contributed by atoms with Crippen LogP contribution in [-0.2, 0) is 9.59 Å². The summed E-state index contributed by atoms with van der Waals surface area (Å²) in [6.07, 6.45) is 0.00100. The second-order valence-corrected chi connectivity index (χ2v) is 5.11. The van der Waals surface area contributed by atoms with Crippen molar-refractivity contribution < 1.29 is 19.1 Å². The van der Waals surface area contributed by atoms with Gasteiger partial charge >= 0.3 is 5.97 Å². The van der Waals surface area contributed by atoms with Crippen molar-refractivity contribution in [3.8, 4) is 0 Å². The number of hydrogen-bond donors (Lipinski definition) is 1. The van der Waals surface area contributed by atoms with Crippen molar-refractivity contribution in [3.63, 3.8) is 0 Å². The van der Waals surface area contributed by atoms with Gasteiger partial charge in [-0.15, -0.1) is 0 Å². The van der Waals surface area contributed by atoms with E-state index >= 15 is 0 Å². The number of rotatable bonds is 7. The molecule has 1 unspecified atom stereocenters. The molecule has 0 radical (unpaired) electrons. The first kappa shape index (κ1) is 17.1. The van der Waals surface area contributed by atoms with Gasteiger partial charge in [0, 0.05) is 13.6 Å². The zero-order valence-electron chi connectivity index (χ0n) is 12.5. The molecule has 6 heteroatoms. The maximum absolute atomic E-state index is 12.9. The molecule has 116 valence electrons. The van der Waals surface area contributed by atoms with Gasteiger partial charge in [0.2, 0.25) is 5.91 Å². The van der Waals surface area contributed by atoms with E-state index in [9.17, 15) is 14.0 Å². The van der Waals surface area contributed by atoms with Crippen LogP contribution in [0.1, 0.15) is 24.9 Å². The van der Waals surface area contributed by atoms with E-state index in [1.54, 1.807) is 36.0 Å². The minimum atomic E-state index is -0.887. The summed E-state index contributed by atoms with van der Waals surface area (Å²) in [5.41, 5.74) is 0.848. The average molecular weight is 296 g/mol. The van der Waals surface area contributed by atoms with Crippen LogP contribution in [-0.4, -0.2) is 54.0 Å². The van der Waals surface area contributed by atoms with E-state index in [1.165, 1.54) is 12.1 Å². The van der Waals surface area contributed by atoms with Crippen molar-refractivity contribution in [1.29, 1.82) is 0 Å². The molecule has 0 saturated heterocycles. The molecular weight excluding hydrogens is 275 g/mol. The summed E-state index contributed by atoms with van der Waals surface area (Å²) in [5.74, 6) is -1.31. The highest BCUT2D eigenvalue weighted by atomic mass is 19.1. The Hall–Kier alpha value is -1.95. The molecule has 0 aliphatic carbocycles. The lowest BCUT2D eigenvalue weighted by atomic mass is 10.1. The van der Waals surface area contributed by atoms with Crippen LogP contribution < -0.4 is 0 Å². The molecule has 21 heavy (non-hydrogen) atoms. The molecule has 5 nitrogen and oxygen atoms in total. The van der Waals surface area contributed by atoms with Gasteiger partial charge in [-0.25, -0.2) is 4.39 Å². The molecule has 0 aromatic heterocycles. The number of aliphatic carboxylic acids is 1. The summed E-state index contributed by atoms with van der Waals surface area (Å²) in [4.78, 5) is 25.9. The minimum Gasteiger partial charge on any atom is -0.481 e. The summed E-state index contributed by atoms with van der Waals surface area (Å²) in [6.45, 7) is 2.33. The summed E-state index contributed by atoms with van der Waals surface area (Å²) in [6, 6.07) is 5.85. The Morgan fingerprint density at radius 2 is 1.81 bits per heavy atom. The second-order valence-electron chi connectivity index (χ2n) is 5.11. The quantitative estimate of drug-likeness (QED) is 0.833. The molecule has 0 fully saturated rings. The summed E-state index contributed by atoms with van der Waals surface area (Å²) < 4.78 is 12.9. The Kier molecular flexibility index (Phi) is 6.30. The lowest BCUT2D eigenvalue weighted by Crippen LogP contribution is -2.38. The van der Waals surface area contributed by atoms with Crippen molar-refractivity contribution >= 4 is 11.9 Å². The zero-order valence-corrected chi connectivity index (χ0v) is 12.5. The van der Waals surface area contributed by atoms with E-state index in [0.717, 1.165) is 5.56 Å². The molecule has 0 spiro atoms. The summed E-state index contributed by atoms with van der Waals surface area (Å²) in [7, 11) is 3.39. The predicted molar refractivity (Wildman–Crippen MR) is 77.3 cm³/mol. The number of likely N-dealkylation sites (N-methyl/N-ethyl adjacent to an activating group) is 2. The molecule has 1 amide bonds. The van der Waals surface area contributed by atoms with Gasteiger partial charge in [-0.1, -0.05) is 12.1 Å². The van der Waals surface area contributed by atoms with E-state index in [1.807, 2.05) is 6.92 Å². The Bertz CT molecular complexity index is 490. The fourth-order valence-electron chi connectivity index (χ4n) is 1.89. The minimum absolute atomic E-state index is 0.00100. The number of amides is 1. The van der Waals surface area contributed by atoms with Gasteiger partial charge in [0.05, 0.1) is 19.0 Å². The first-order valence-corrected chi connectivity index (χ1v) is 6.72. The Labute approximate surface area is 124 Å². The SMILES string of the molecule is CC(c1ccc(F)cc1)N(C)C(=O)CN(C)CCC(=O)O. The predicted octanol–water partition coefficient (Wildman–Crippen LogP) is 1.75. The van der Waals surface area contributed by atoms with Crippen molar-refractivity contribution in [2.24, 2.45) is 0 Å². The van der Waals surface area contributed by atoms with E-state index in [-0.39, 0.29) is 30.7 Å². The highest BCUT2D eigenvalue weighted by Gasteiger charge is 2.18. The first-order valence-electron chi connectivity index (χ1n) is 6.72. The maximum atomic E-state index is 12.9. The van der Waals surface area contributed by atoms with Crippen molar-refractivity contribution in [3.05, 3.63) is 35.6 Å². The zero-order chi connectivity index (χ0) is 16.0. The summed E-state index contributed by atoms with van der Waals surface area (Å²) in [5, 5.41) is 8.61. The normalized spacial score (nSPS) is 12.2. The van der Waals surface area contributed by atoms with E-state index in [0.29, 0.717) is 6.54 Å². The van der Waals surface area contributed by atoms with Gasteiger partial charge in [0.15, 0.2) is 0 Å². The monoisotopic (exact) mass is 296 g/mol. The number of carboxylic acid groups (broad SMARTS) is 1. The standard InChI is InChI=1S/C15H21FN2O3/c1-11(12-4-6-13(16)7-5-12)18(3)14(19)10-17(2)9-8-15(20)21/h4-7,11H,8-10H2,1-3H3,(H,20,21). The number of benzene rings is 1. The van der Waals surface area contributed by atoms with Crippen LogP contribution >= 0.6 is 0 Å². The number of halogens is 1. The molecule has 0 bridgehead atoms. The lowest BCUT2D eigenvalue weighted by molar-refractivity contribution is -0.138. The van der Waals surface area contributed by atoms with Crippen LogP contribution in [0.4, 0.5) is 4.39 Å². The molecule has 1 atom stereocenters. The number of carboxylic acids is 1. The molecule has 1 aromatic rings. The number of carbonyl (C=O) groups is 2. The van der Waals surface area contributed by atoms with Gasteiger partial charge in [-0.2, -0.15) is 0 Å². The number of hydrogen-bond acceptors (Lipinski definition) is 3. The molecule has 1 rings (SSSR count). The molecule has 1 aromatic carbocycles. The van der Waals surface area contributed by atoms with Crippen LogP contribution in [0.15, 0.2) is 24.3 Å². The Morgan fingerprint density at radius 1 is 1.24 bits per heavy atom. The van der Waals surface area contributed by atoms with E-state index in [4.69, 9.17) is 5.11 Å². The molecule has 1 N–H and O–H groups in total. The van der Waals surface area contributed by atoms with Crippen LogP contribution in [0.5, 0.6) is 0 Å². The topological polar surface area (TPSA) is 60.9 Å². The highest BCUT2D eigenvalue weighted by molar-refractivity contribution is 5.78. The largest absolute Gasteiger partial charge is 0.481 e. The molecule has 0 saturated carbocycles. The third-order valence-corrected chi connectivity index (χ3v) is 3.44. The second kappa shape index (κ2) is 7.73. The summed E-state index contributed by atoms with van der Waals surface area (Å²) >= 11 is 0.